The van der Waals surface area contributed by atoms with E-state index in [1.54, 1.807) is 100 Å². The molecule has 7 N–H and O–H groups in total. The summed E-state index contributed by atoms with van der Waals surface area (Å²) in [5.74, 6) is -10.3. The molecule has 2 aliphatic rings. The molecule has 0 unspecified atom stereocenters. The molecule has 2 aliphatic heterocycles. The highest BCUT2D eigenvalue weighted by molar-refractivity contribution is 6.00. The number of nitrogens with zero attached hydrogens (tertiary/aromatic N) is 7. The molecule has 0 aliphatic carbocycles. The van der Waals surface area contributed by atoms with E-state index in [2.05, 4.69) is 26.6 Å². The molecule has 12 amide bonds. The molecule has 2 aromatic carbocycles. The first kappa shape index (κ1) is 91.3. The monoisotopic (exact) mass is 1500 g/mol. The zero-order valence-corrected chi connectivity index (χ0v) is 67.0. The van der Waals surface area contributed by atoms with Crippen LogP contribution < -0.4 is 26.6 Å². The van der Waals surface area contributed by atoms with Gasteiger partial charge in [-0.25, -0.2) is 0 Å². The maximum atomic E-state index is 15.7. The molecule has 0 aromatic heterocycles. The average molecular weight is 1500 g/mol. The molecule has 0 saturated carbocycles. The maximum absolute atomic E-state index is 15.7. The predicted molar refractivity (Wildman–Crippen MR) is 407 cm³/mol. The smallest absolute Gasteiger partial charge is 0.248 e. The van der Waals surface area contributed by atoms with Crippen molar-refractivity contribution >= 4 is 70.9 Å². The van der Waals surface area contributed by atoms with Crippen LogP contribution in [0.25, 0.3) is 0 Å². The number of likely N-dealkylation sites (N-methyl/N-ethyl adjacent to an activating group) is 5. The molecule has 11 atom stereocenters. The van der Waals surface area contributed by atoms with E-state index in [9.17, 15) is 24.6 Å². The lowest BCUT2D eigenvalue weighted by molar-refractivity contribution is -0.152. The van der Waals surface area contributed by atoms with Crippen LogP contribution in [0.15, 0.2) is 60.7 Å². The van der Waals surface area contributed by atoms with E-state index in [-0.39, 0.29) is 88.4 Å². The predicted octanol–water partition coefficient (Wildman–Crippen LogP) is 3.85. The normalized spacial score (nSPS) is 24.3. The van der Waals surface area contributed by atoms with Crippen LogP contribution in [0.3, 0.4) is 0 Å². The van der Waals surface area contributed by atoms with Gasteiger partial charge < -0.3 is 80.6 Å². The summed E-state index contributed by atoms with van der Waals surface area (Å²) in [6.07, 6.45) is 0.893. The Morgan fingerprint density at radius 2 is 0.953 bits per heavy atom. The van der Waals surface area contributed by atoms with Gasteiger partial charge in [0.25, 0.3) is 0 Å². The Labute approximate surface area is 635 Å². The Hall–Kier alpha value is -8.08. The zero-order valence-electron chi connectivity index (χ0n) is 67.0. The second-order valence-electron chi connectivity index (χ2n) is 31.6. The molecule has 0 bridgehead atoms. The molecular weight excluding hydrogens is 1370 g/mol. The third-order valence-corrected chi connectivity index (χ3v) is 19.4. The number of hydrogen-bond donors (Lipinski definition) is 7. The number of rotatable bonds is 24. The van der Waals surface area contributed by atoms with E-state index in [0.717, 1.165) is 11.3 Å². The van der Waals surface area contributed by atoms with Gasteiger partial charge in [-0.3, -0.25) is 57.5 Å². The van der Waals surface area contributed by atoms with Crippen molar-refractivity contribution in [2.75, 3.05) is 87.8 Å². The van der Waals surface area contributed by atoms with E-state index < -0.39 is 169 Å². The number of nitrogens with one attached hydrogen (secondary N) is 5. The lowest BCUT2D eigenvalue weighted by Gasteiger charge is -2.38. The molecule has 600 valence electrons. The Morgan fingerprint density at radius 3 is 1.44 bits per heavy atom. The first-order chi connectivity index (χ1) is 50.3. The molecule has 28 nitrogen and oxygen atoms in total. The van der Waals surface area contributed by atoms with Crippen molar-refractivity contribution in [3.63, 3.8) is 0 Å². The lowest BCUT2D eigenvalue weighted by atomic mass is 9.97. The number of unbranched alkanes of at least 4 members (excludes halogenated alkanes) is 1. The van der Waals surface area contributed by atoms with Crippen LogP contribution in [0.4, 0.5) is 0 Å². The summed E-state index contributed by atoms with van der Waals surface area (Å²) in [5, 5.41) is 35.3. The fraction of sp³-hybridized carbons (Fsp3) is 0.696. The topological polar surface area (TPSA) is 347 Å². The molecule has 0 radical (unpaired) electrons. The standard InChI is InChI=1S/C79H128N12O16/c1-19-20-35-91-47-67(95)85(14)61(41-51(4)5)69(96)83-60(49-107-79(11,12)13)75(102)89(18)65(45-56-33-26-22-27-34-56)77(104)88(17)62(42-52(6)7)70(97)81-58(76(103)90-36-28-23-29-37-90)46-66(94)80-57(40-50(2)3)73(100)87(16)64(44-55-31-24-21-25-32-55)71(98)82-59(48-106-39-30-38-92)74(101)86(15)63(43-53(8)9)72(99)84-68(54(10)93)78(91)105/h21-22,24-27,31-34,50-54,57-65,68,92-93H,19-20,23,28-30,35-49H2,1-18H3,(H,80,94)(H,81,97)(H,82,98)(H,83,96)(H,84,99)/t54-,57-,58+,59+,60+,61+,62+,63+,64+,65+,68+/m1/s1. The van der Waals surface area contributed by atoms with Crippen molar-refractivity contribution in [1.82, 2.24) is 60.9 Å². The molecule has 107 heavy (non-hydrogen) atoms. The van der Waals surface area contributed by atoms with E-state index in [1.165, 1.54) is 66.7 Å². The minimum absolute atomic E-state index is 0.00715. The Kier molecular flexibility index (Phi) is 37.9. The zero-order chi connectivity index (χ0) is 80.2. The highest BCUT2D eigenvalue weighted by atomic mass is 16.5. The van der Waals surface area contributed by atoms with Crippen molar-refractivity contribution in [3.05, 3.63) is 71.8 Å². The summed E-state index contributed by atoms with van der Waals surface area (Å²) in [6.45, 7) is 21.9. The number of carbonyl (C=O) groups excluding carboxylic acids is 12. The SMILES string of the molecule is CCCCN1CC(=O)N(C)[C@@H](CC(C)C)C(=O)N[C@@H](COC(C)(C)C)C(=O)N(C)[C@@H](Cc2ccccc2)C(=O)N(C)[C@@H](CC(C)C)C(=O)N[C@H](C(=O)N2CCCCC2)CC(=O)N[C@H](CC(C)C)C(=O)N(C)[C@@H](Cc2ccccc2)C(=O)N[C@@H](COCCCO)C(=O)N(C)[C@@H](CC(C)C)C(=O)N[C@@H]([C@@H](C)O)C1=O. The van der Waals surface area contributed by atoms with Crippen LogP contribution in [0.1, 0.15) is 172 Å². The highest BCUT2D eigenvalue weighted by Crippen LogP contribution is 2.24. The fourth-order valence-electron chi connectivity index (χ4n) is 13.1. The van der Waals surface area contributed by atoms with Gasteiger partial charge in [0.2, 0.25) is 70.9 Å². The van der Waals surface area contributed by atoms with Crippen LogP contribution in [0, 0.1) is 23.7 Å². The Bertz CT molecular complexity index is 3220. The number of aliphatic hydroxyl groups is 2. The second-order valence-corrected chi connectivity index (χ2v) is 31.6. The summed E-state index contributed by atoms with van der Waals surface area (Å²) >= 11 is 0. The van der Waals surface area contributed by atoms with Crippen molar-refractivity contribution in [2.45, 2.75) is 246 Å². The van der Waals surface area contributed by atoms with Gasteiger partial charge in [0.1, 0.15) is 60.4 Å². The van der Waals surface area contributed by atoms with Gasteiger partial charge in [-0.2, -0.15) is 0 Å². The first-order valence-corrected chi connectivity index (χ1v) is 38.3. The van der Waals surface area contributed by atoms with Crippen molar-refractivity contribution in [2.24, 2.45) is 23.7 Å². The molecule has 0 spiro atoms. The minimum atomic E-state index is -1.70. The van der Waals surface area contributed by atoms with Gasteiger partial charge in [0.15, 0.2) is 0 Å². The lowest BCUT2D eigenvalue weighted by Crippen LogP contribution is -2.62. The average Bonchev–Trinajstić information content (AvgIpc) is 0.816. The van der Waals surface area contributed by atoms with E-state index in [4.69, 9.17) is 9.47 Å². The molecule has 2 aromatic rings. The third-order valence-electron chi connectivity index (χ3n) is 19.4. The Morgan fingerprint density at radius 1 is 0.514 bits per heavy atom. The van der Waals surface area contributed by atoms with Gasteiger partial charge >= 0.3 is 0 Å². The minimum Gasteiger partial charge on any atom is -0.396 e. The number of ether oxygens (including phenoxy) is 2. The number of carbonyl (C=O) groups is 12. The van der Waals surface area contributed by atoms with Crippen LogP contribution in [0.2, 0.25) is 0 Å². The number of hydrogen-bond acceptors (Lipinski definition) is 16. The van der Waals surface area contributed by atoms with Crippen molar-refractivity contribution in [1.29, 1.82) is 0 Å². The van der Waals surface area contributed by atoms with Crippen LogP contribution in [-0.4, -0.2) is 275 Å². The molecule has 2 saturated heterocycles. The van der Waals surface area contributed by atoms with Crippen LogP contribution >= 0.6 is 0 Å². The molecule has 4 rings (SSSR count). The summed E-state index contributed by atoms with van der Waals surface area (Å²) < 4.78 is 12.1. The van der Waals surface area contributed by atoms with E-state index >= 15 is 43.2 Å². The number of aliphatic hydroxyl groups excluding tert-OH is 2. The van der Waals surface area contributed by atoms with E-state index in [1.807, 2.05) is 48.5 Å². The largest absolute Gasteiger partial charge is 0.396 e. The first-order valence-electron chi connectivity index (χ1n) is 38.3. The quantitative estimate of drug-likeness (QED) is 0.0734. The van der Waals surface area contributed by atoms with Gasteiger partial charge in [-0.15, -0.1) is 0 Å². The molecule has 2 heterocycles. The third kappa shape index (κ3) is 29.1. The van der Waals surface area contributed by atoms with Gasteiger partial charge in [0.05, 0.1) is 37.9 Å². The fourth-order valence-corrected chi connectivity index (χ4v) is 13.1. The number of piperidine rings is 1. The maximum Gasteiger partial charge on any atom is 0.248 e. The summed E-state index contributed by atoms with van der Waals surface area (Å²) in [6, 6.07) is 3.28. The number of benzene rings is 2. The van der Waals surface area contributed by atoms with Crippen molar-refractivity contribution in [3.8, 4) is 0 Å². The molecular formula is C79H128N12O16. The molecule has 2 fully saturated rings. The Balaban J connectivity index is 2.05. The number of likely N-dealkylation sites (tertiary alicyclic amines) is 1. The van der Waals surface area contributed by atoms with Crippen molar-refractivity contribution < 1.29 is 77.2 Å². The summed E-state index contributed by atoms with van der Waals surface area (Å²) in [7, 11) is 6.96. The van der Waals surface area contributed by atoms with Crippen LogP contribution in [-0.2, 0) is 79.8 Å². The summed E-state index contributed by atoms with van der Waals surface area (Å²) in [4.78, 5) is 191. The van der Waals surface area contributed by atoms with Crippen LogP contribution in [0.5, 0.6) is 0 Å². The number of amides is 12. The molecule has 28 heteroatoms. The highest BCUT2D eigenvalue weighted by Gasteiger charge is 2.44. The van der Waals surface area contributed by atoms with Gasteiger partial charge in [0, 0.05) is 80.9 Å². The second kappa shape index (κ2) is 44.4. The van der Waals surface area contributed by atoms with Gasteiger partial charge in [-0.05, 0) is 120 Å². The van der Waals surface area contributed by atoms with E-state index in [0.29, 0.717) is 49.9 Å². The van der Waals surface area contributed by atoms with Gasteiger partial charge in [-0.1, -0.05) is 129 Å². The summed E-state index contributed by atoms with van der Waals surface area (Å²) in [5.41, 5.74) is 0.362.